The molecule has 1 atom stereocenters. The van der Waals surface area contributed by atoms with E-state index < -0.39 is 29.4 Å². The van der Waals surface area contributed by atoms with Crippen LogP contribution in [0.4, 0.5) is 10.5 Å². The van der Waals surface area contributed by atoms with Crippen molar-refractivity contribution in [1.29, 1.82) is 0 Å². The van der Waals surface area contributed by atoms with Crippen LogP contribution in [0.2, 0.25) is 5.02 Å². The minimum Gasteiger partial charge on any atom is -0.505 e. The minimum absolute atomic E-state index is 0.138. The van der Waals surface area contributed by atoms with Gasteiger partial charge in [-0.3, -0.25) is 9.59 Å². The summed E-state index contributed by atoms with van der Waals surface area (Å²) >= 11 is 6.17. The summed E-state index contributed by atoms with van der Waals surface area (Å²) in [5.41, 5.74) is 2.21. The Morgan fingerprint density at radius 1 is 1.09 bits per heavy atom. The molecule has 0 spiro atoms. The van der Waals surface area contributed by atoms with Crippen molar-refractivity contribution in [2.45, 2.75) is 32.9 Å². The van der Waals surface area contributed by atoms with Gasteiger partial charge < -0.3 is 25.4 Å². The molecule has 0 aliphatic rings. The van der Waals surface area contributed by atoms with Crippen LogP contribution >= 0.6 is 11.6 Å². The molecule has 0 aliphatic carbocycles. The van der Waals surface area contributed by atoms with Crippen molar-refractivity contribution in [1.82, 2.24) is 9.88 Å². The average Bonchev–Trinajstić information content (AvgIpc) is 2.73. The molecule has 172 valence electrons. The van der Waals surface area contributed by atoms with Gasteiger partial charge in [0.2, 0.25) is 0 Å². The molecular formula is C24H24ClN3O5. The molecule has 0 aliphatic heterocycles. The number of rotatable bonds is 7. The third-order valence-corrected chi connectivity index (χ3v) is 5.38. The number of nitrogens with one attached hydrogen (secondary N) is 2. The van der Waals surface area contributed by atoms with E-state index in [4.69, 9.17) is 11.6 Å². The Balaban J connectivity index is 1.84. The molecule has 0 unspecified atom stereocenters. The molecule has 1 heterocycles. The van der Waals surface area contributed by atoms with Gasteiger partial charge in [-0.25, -0.2) is 4.79 Å². The molecule has 1 aromatic heterocycles. The van der Waals surface area contributed by atoms with Crippen LogP contribution in [-0.4, -0.2) is 26.8 Å². The van der Waals surface area contributed by atoms with E-state index in [0.717, 1.165) is 11.1 Å². The first-order chi connectivity index (χ1) is 15.6. The van der Waals surface area contributed by atoms with Crippen LogP contribution in [0.25, 0.3) is 0 Å². The van der Waals surface area contributed by atoms with E-state index in [0.29, 0.717) is 16.1 Å². The number of carbonyl (C=O) groups is 2. The van der Waals surface area contributed by atoms with Crippen LogP contribution in [0.3, 0.4) is 0 Å². The molecule has 0 radical (unpaired) electrons. The molecule has 33 heavy (non-hydrogen) atoms. The second kappa shape index (κ2) is 10.2. The maximum absolute atomic E-state index is 12.9. The first-order valence-corrected chi connectivity index (χ1v) is 10.5. The maximum Gasteiger partial charge on any atom is 0.319 e. The number of carbonyl (C=O) groups excluding carboxylic acids is 1. The minimum atomic E-state index is -1.09. The van der Waals surface area contributed by atoms with Gasteiger partial charge in [0.1, 0.15) is 5.75 Å². The lowest BCUT2D eigenvalue weighted by molar-refractivity contribution is -0.137. The maximum atomic E-state index is 12.9. The number of amides is 2. The number of hydrogen-bond donors (Lipinski definition) is 4. The molecule has 8 nitrogen and oxygen atoms in total. The van der Waals surface area contributed by atoms with Crippen molar-refractivity contribution in [2.24, 2.45) is 0 Å². The van der Waals surface area contributed by atoms with Crippen LogP contribution in [0, 0.1) is 13.8 Å². The molecule has 3 rings (SSSR count). The van der Waals surface area contributed by atoms with Crippen molar-refractivity contribution in [3.05, 3.63) is 92.4 Å². The number of benzene rings is 2. The Kier molecular flexibility index (Phi) is 7.40. The SMILES string of the molecule is Cc1cc(C)cc([C@H](CC(=O)O)NC(=O)Nc2c(O)ccn(Cc3ccccc3Cl)c2=O)c1. The number of halogens is 1. The highest BCUT2D eigenvalue weighted by atomic mass is 35.5. The van der Waals surface area contributed by atoms with Crippen molar-refractivity contribution < 1.29 is 19.8 Å². The Morgan fingerprint density at radius 2 is 1.76 bits per heavy atom. The summed E-state index contributed by atoms with van der Waals surface area (Å²) in [6, 6.07) is 12.2. The topological polar surface area (TPSA) is 121 Å². The number of aromatic nitrogens is 1. The first kappa shape index (κ1) is 23.9. The molecule has 0 fully saturated rings. The normalized spacial score (nSPS) is 11.6. The van der Waals surface area contributed by atoms with Gasteiger partial charge in [-0.05, 0) is 37.1 Å². The molecular weight excluding hydrogens is 446 g/mol. The largest absolute Gasteiger partial charge is 0.505 e. The summed E-state index contributed by atoms with van der Waals surface area (Å²) in [7, 11) is 0. The number of aryl methyl sites for hydroxylation is 2. The highest BCUT2D eigenvalue weighted by Gasteiger charge is 2.21. The summed E-state index contributed by atoms with van der Waals surface area (Å²) in [6.45, 7) is 3.88. The second-order valence-corrected chi connectivity index (χ2v) is 8.18. The quantitative estimate of drug-likeness (QED) is 0.413. The number of urea groups is 1. The predicted octanol–water partition coefficient (Wildman–Crippen LogP) is 4.21. The number of carboxylic acids is 1. The summed E-state index contributed by atoms with van der Waals surface area (Å²) in [5, 5.41) is 24.9. The number of anilines is 1. The van der Waals surface area contributed by atoms with E-state index in [2.05, 4.69) is 10.6 Å². The van der Waals surface area contributed by atoms with Crippen molar-refractivity contribution in [3.63, 3.8) is 0 Å². The van der Waals surface area contributed by atoms with E-state index in [1.807, 2.05) is 19.9 Å². The number of aromatic hydroxyl groups is 1. The molecule has 0 bridgehead atoms. The average molecular weight is 470 g/mol. The highest BCUT2D eigenvalue weighted by Crippen LogP contribution is 2.22. The smallest absolute Gasteiger partial charge is 0.319 e. The fourth-order valence-corrected chi connectivity index (χ4v) is 3.76. The molecule has 0 saturated carbocycles. The molecule has 3 aromatic rings. The lowest BCUT2D eigenvalue weighted by Crippen LogP contribution is -2.36. The monoisotopic (exact) mass is 469 g/mol. The Morgan fingerprint density at radius 3 is 2.39 bits per heavy atom. The van der Waals surface area contributed by atoms with Crippen LogP contribution < -0.4 is 16.2 Å². The molecule has 2 amide bonds. The van der Waals surface area contributed by atoms with Crippen molar-refractivity contribution >= 4 is 29.3 Å². The highest BCUT2D eigenvalue weighted by molar-refractivity contribution is 6.31. The standard InChI is InChI=1S/C24H24ClN3O5/c1-14-9-15(2)11-17(10-14)19(12-21(30)31)26-24(33)27-22-20(29)7-8-28(23(22)32)13-16-5-3-4-6-18(16)25/h3-11,19,29H,12-13H2,1-2H3,(H,30,31)(H2,26,27,33)/t19-/m0/s1. The molecule has 4 N–H and O–H groups in total. The summed E-state index contributed by atoms with van der Waals surface area (Å²) in [5.74, 6) is -1.50. The third kappa shape index (κ3) is 6.14. The summed E-state index contributed by atoms with van der Waals surface area (Å²) < 4.78 is 1.30. The lowest BCUT2D eigenvalue weighted by Gasteiger charge is -2.19. The van der Waals surface area contributed by atoms with Crippen molar-refractivity contribution in [2.75, 3.05) is 5.32 Å². The van der Waals surface area contributed by atoms with Gasteiger partial charge in [0.25, 0.3) is 5.56 Å². The second-order valence-electron chi connectivity index (χ2n) is 7.77. The number of carboxylic acid groups (broad SMARTS) is 1. The fourth-order valence-electron chi connectivity index (χ4n) is 3.56. The third-order valence-electron chi connectivity index (χ3n) is 5.01. The fraction of sp³-hybridized carbons (Fsp3) is 0.208. The number of hydrogen-bond acceptors (Lipinski definition) is 4. The zero-order chi connectivity index (χ0) is 24.1. The lowest BCUT2D eigenvalue weighted by atomic mass is 9.99. The van der Waals surface area contributed by atoms with Crippen LogP contribution in [-0.2, 0) is 11.3 Å². The zero-order valence-corrected chi connectivity index (χ0v) is 18.9. The zero-order valence-electron chi connectivity index (χ0n) is 18.1. The van der Waals surface area contributed by atoms with E-state index in [1.165, 1.54) is 16.8 Å². The van der Waals surface area contributed by atoms with Gasteiger partial charge in [0.15, 0.2) is 5.69 Å². The Bertz CT molecular complexity index is 1230. The van der Waals surface area contributed by atoms with Gasteiger partial charge in [0.05, 0.1) is 19.0 Å². The van der Waals surface area contributed by atoms with Crippen molar-refractivity contribution in [3.8, 4) is 5.75 Å². The van der Waals surface area contributed by atoms with Gasteiger partial charge >= 0.3 is 12.0 Å². The Labute approximate surface area is 195 Å². The van der Waals surface area contributed by atoms with Crippen LogP contribution in [0.5, 0.6) is 5.75 Å². The molecule has 2 aromatic carbocycles. The van der Waals surface area contributed by atoms with Gasteiger partial charge in [0, 0.05) is 11.2 Å². The first-order valence-electron chi connectivity index (χ1n) is 10.2. The van der Waals surface area contributed by atoms with E-state index in [1.54, 1.807) is 36.4 Å². The van der Waals surface area contributed by atoms with Gasteiger partial charge in [-0.15, -0.1) is 0 Å². The van der Waals surface area contributed by atoms with Gasteiger partial charge in [-0.1, -0.05) is 59.1 Å². The summed E-state index contributed by atoms with van der Waals surface area (Å²) in [4.78, 5) is 36.9. The van der Waals surface area contributed by atoms with Gasteiger partial charge in [-0.2, -0.15) is 0 Å². The van der Waals surface area contributed by atoms with Crippen LogP contribution in [0.1, 0.15) is 34.7 Å². The number of pyridine rings is 1. The number of aliphatic carboxylic acids is 1. The van der Waals surface area contributed by atoms with Crippen LogP contribution in [0.15, 0.2) is 59.5 Å². The summed E-state index contributed by atoms with van der Waals surface area (Å²) in [6.07, 6.45) is 1.04. The molecule has 9 heteroatoms. The Hall–Kier alpha value is -3.78. The van der Waals surface area contributed by atoms with E-state index in [9.17, 15) is 24.6 Å². The predicted molar refractivity (Wildman–Crippen MR) is 126 cm³/mol. The molecule has 0 saturated heterocycles. The van der Waals surface area contributed by atoms with E-state index >= 15 is 0 Å². The van der Waals surface area contributed by atoms with E-state index in [-0.39, 0.29) is 18.7 Å². The number of nitrogens with zero attached hydrogens (tertiary/aromatic N) is 1.